The van der Waals surface area contributed by atoms with Crippen molar-refractivity contribution in [2.24, 2.45) is 0 Å². The van der Waals surface area contributed by atoms with E-state index in [1.54, 1.807) is 11.8 Å². The van der Waals surface area contributed by atoms with Crippen LogP contribution in [0.15, 0.2) is 29.2 Å². The molecule has 23 heavy (non-hydrogen) atoms. The second-order valence-electron chi connectivity index (χ2n) is 7.07. The summed E-state index contributed by atoms with van der Waals surface area (Å²) < 4.78 is 5.32. The molecule has 1 amide bonds. The van der Waals surface area contributed by atoms with Gasteiger partial charge in [0.1, 0.15) is 5.60 Å². The summed E-state index contributed by atoms with van der Waals surface area (Å²) in [5, 5.41) is 6.60. The molecule has 0 unspecified atom stereocenters. The predicted octanol–water partition coefficient (Wildman–Crippen LogP) is 4.66. The molecule has 0 saturated heterocycles. The Balaban J connectivity index is 1.76. The number of alkyl carbamates (subject to hydrolysis) is 1. The van der Waals surface area contributed by atoms with Gasteiger partial charge in [-0.05, 0) is 70.9 Å². The first-order valence-electron chi connectivity index (χ1n) is 8.26. The van der Waals surface area contributed by atoms with E-state index < -0.39 is 5.60 Å². The molecule has 0 spiro atoms. The predicted molar refractivity (Wildman–Crippen MR) is 97.3 cm³/mol. The summed E-state index contributed by atoms with van der Waals surface area (Å²) in [6.07, 6.45) is 5.88. The number of nitrogens with one attached hydrogen (secondary N) is 2. The van der Waals surface area contributed by atoms with Crippen LogP contribution < -0.4 is 10.6 Å². The molecule has 0 bridgehead atoms. The third-order valence-electron chi connectivity index (χ3n) is 3.89. The van der Waals surface area contributed by atoms with E-state index >= 15 is 0 Å². The van der Waals surface area contributed by atoms with Gasteiger partial charge >= 0.3 is 6.09 Å². The molecule has 0 aromatic heterocycles. The molecule has 0 heterocycles. The zero-order valence-corrected chi connectivity index (χ0v) is 15.3. The second-order valence-corrected chi connectivity index (χ2v) is 7.95. The van der Waals surface area contributed by atoms with Gasteiger partial charge < -0.3 is 15.4 Å². The van der Waals surface area contributed by atoms with Gasteiger partial charge in [-0.15, -0.1) is 11.8 Å². The van der Waals surface area contributed by atoms with Gasteiger partial charge in [0.15, 0.2) is 0 Å². The van der Waals surface area contributed by atoms with Crippen LogP contribution in [0.4, 0.5) is 10.5 Å². The molecule has 2 rings (SSSR count). The van der Waals surface area contributed by atoms with Crippen LogP contribution in [0, 0.1) is 0 Å². The van der Waals surface area contributed by atoms with Crippen molar-refractivity contribution in [3.63, 3.8) is 0 Å². The highest BCUT2D eigenvalue weighted by atomic mass is 32.2. The molecule has 5 heteroatoms. The maximum atomic E-state index is 11.8. The van der Waals surface area contributed by atoms with Crippen LogP contribution in [0.5, 0.6) is 0 Å². The number of anilines is 1. The molecule has 1 saturated carbocycles. The fourth-order valence-corrected chi connectivity index (χ4v) is 3.26. The highest BCUT2D eigenvalue weighted by molar-refractivity contribution is 7.98. The Labute approximate surface area is 143 Å². The topological polar surface area (TPSA) is 50.4 Å². The quantitative estimate of drug-likeness (QED) is 0.785. The van der Waals surface area contributed by atoms with Crippen LogP contribution in [0.25, 0.3) is 0 Å². The van der Waals surface area contributed by atoms with Crippen molar-refractivity contribution in [3.8, 4) is 0 Å². The van der Waals surface area contributed by atoms with Crippen LogP contribution in [-0.2, 0) is 4.74 Å². The Hall–Kier alpha value is -1.36. The number of carbonyl (C=O) groups excluding carboxylic acids is 1. The molecule has 0 radical (unpaired) electrons. The molecule has 1 aromatic carbocycles. The third kappa shape index (κ3) is 6.34. The average molecular weight is 337 g/mol. The molecule has 1 fully saturated rings. The molecular formula is C18H28N2O2S. The van der Waals surface area contributed by atoms with E-state index in [0.717, 1.165) is 25.7 Å². The van der Waals surface area contributed by atoms with Crippen molar-refractivity contribution < 1.29 is 9.53 Å². The Morgan fingerprint density at radius 2 is 1.83 bits per heavy atom. The monoisotopic (exact) mass is 336 g/mol. The Morgan fingerprint density at radius 1 is 1.17 bits per heavy atom. The number of amides is 1. The minimum Gasteiger partial charge on any atom is -0.444 e. The van der Waals surface area contributed by atoms with Gasteiger partial charge in [0.25, 0.3) is 0 Å². The minimum atomic E-state index is -0.439. The van der Waals surface area contributed by atoms with Crippen LogP contribution in [0.3, 0.4) is 0 Å². The summed E-state index contributed by atoms with van der Waals surface area (Å²) in [4.78, 5) is 13.1. The fourth-order valence-electron chi connectivity index (χ4n) is 2.80. The summed E-state index contributed by atoms with van der Waals surface area (Å²) in [6, 6.07) is 9.21. The van der Waals surface area contributed by atoms with Gasteiger partial charge in [-0.25, -0.2) is 4.79 Å². The van der Waals surface area contributed by atoms with Gasteiger partial charge in [-0.1, -0.05) is 6.07 Å². The van der Waals surface area contributed by atoms with Crippen molar-refractivity contribution >= 4 is 23.5 Å². The molecule has 4 nitrogen and oxygen atoms in total. The number of rotatable bonds is 4. The molecular weight excluding hydrogens is 308 g/mol. The van der Waals surface area contributed by atoms with Crippen molar-refractivity contribution in [3.05, 3.63) is 24.3 Å². The van der Waals surface area contributed by atoms with E-state index in [-0.39, 0.29) is 12.1 Å². The van der Waals surface area contributed by atoms with Gasteiger partial charge in [0, 0.05) is 22.7 Å². The molecule has 1 aliphatic carbocycles. The molecule has 2 N–H and O–H groups in total. The lowest BCUT2D eigenvalue weighted by Gasteiger charge is -2.31. The minimum absolute atomic E-state index is 0.223. The first-order valence-corrected chi connectivity index (χ1v) is 9.48. The number of ether oxygens (including phenoxy) is 1. The number of carbonyl (C=O) groups is 1. The highest BCUT2D eigenvalue weighted by Crippen LogP contribution is 2.25. The number of hydrogen-bond donors (Lipinski definition) is 2. The first-order chi connectivity index (χ1) is 10.9. The van der Waals surface area contributed by atoms with Crippen molar-refractivity contribution in [2.45, 2.75) is 69.0 Å². The van der Waals surface area contributed by atoms with Crippen LogP contribution in [0.1, 0.15) is 46.5 Å². The summed E-state index contributed by atoms with van der Waals surface area (Å²) >= 11 is 1.76. The van der Waals surface area contributed by atoms with Gasteiger partial charge in [0.05, 0.1) is 0 Å². The van der Waals surface area contributed by atoms with E-state index in [1.807, 2.05) is 20.8 Å². The third-order valence-corrected chi connectivity index (χ3v) is 4.61. The van der Waals surface area contributed by atoms with Gasteiger partial charge in [-0.3, -0.25) is 0 Å². The Bertz CT molecular complexity index is 520. The molecule has 0 aliphatic heterocycles. The smallest absolute Gasteiger partial charge is 0.407 e. The number of benzene rings is 1. The van der Waals surface area contributed by atoms with E-state index in [1.165, 1.54) is 10.6 Å². The van der Waals surface area contributed by atoms with E-state index in [4.69, 9.17) is 4.74 Å². The van der Waals surface area contributed by atoms with E-state index in [2.05, 4.69) is 41.2 Å². The maximum Gasteiger partial charge on any atom is 0.407 e. The standard InChI is InChI=1S/C18H28N2O2S/c1-18(2,3)22-17(21)20-14-10-8-13(9-11-14)19-15-6-5-7-16(12-15)23-4/h5-7,12-14,19H,8-11H2,1-4H3,(H,20,21). The van der Waals surface area contributed by atoms with Gasteiger partial charge in [0.2, 0.25) is 0 Å². The molecule has 128 valence electrons. The lowest BCUT2D eigenvalue weighted by atomic mass is 9.91. The molecule has 0 atom stereocenters. The summed E-state index contributed by atoms with van der Waals surface area (Å²) in [7, 11) is 0. The molecule has 1 aromatic rings. The van der Waals surface area contributed by atoms with E-state index in [9.17, 15) is 4.79 Å². The highest BCUT2D eigenvalue weighted by Gasteiger charge is 2.24. The summed E-state index contributed by atoms with van der Waals surface area (Å²) in [5.41, 5.74) is 0.742. The van der Waals surface area contributed by atoms with Gasteiger partial charge in [-0.2, -0.15) is 0 Å². The summed E-state index contributed by atoms with van der Waals surface area (Å²) in [5.74, 6) is 0. The lowest BCUT2D eigenvalue weighted by molar-refractivity contribution is 0.0492. The second kappa shape index (κ2) is 7.95. The normalized spacial score (nSPS) is 21.6. The number of thioether (sulfide) groups is 1. The van der Waals surface area contributed by atoms with Crippen LogP contribution >= 0.6 is 11.8 Å². The number of hydrogen-bond acceptors (Lipinski definition) is 4. The largest absolute Gasteiger partial charge is 0.444 e. The Kier molecular flexibility index (Phi) is 6.22. The Morgan fingerprint density at radius 3 is 2.43 bits per heavy atom. The van der Waals surface area contributed by atoms with Crippen LogP contribution in [0.2, 0.25) is 0 Å². The van der Waals surface area contributed by atoms with Crippen molar-refractivity contribution in [1.29, 1.82) is 0 Å². The zero-order valence-electron chi connectivity index (χ0n) is 14.5. The zero-order chi connectivity index (χ0) is 16.9. The fraction of sp³-hybridized carbons (Fsp3) is 0.611. The van der Waals surface area contributed by atoms with Crippen LogP contribution in [-0.4, -0.2) is 30.0 Å². The SMILES string of the molecule is CSc1cccc(NC2CCC(NC(=O)OC(C)(C)C)CC2)c1. The van der Waals surface area contributed by atoms with Crippen molar-refractivity contribution in [1.82, 2.24) is 5.32 Å². The lowest BCUT2D eigenvalue weighted by Crippen LogP contribution is -2.42. The summed E-state index contributed by atoms with van der Waals surface area (Å²) in [6.45, 7) is 5.66. The van der Waals surface area contributed by atoms with Crippen molar-refractivity contribution in [2.75, 3.05) is 11.6 Å². The molecule has 1 aliphatic rings. The maximum absolute atomic E-state index is 11.8. The average Bonchev–Trinajstić information content (AvgIpc) is 2.47. The first kappa shape index (κ1) is 18.0. The van der Waals surface area contributed by atoms with E-state index in [0.29, 0.717) is 6.04 Å².